The second-order valence-electron chi connectivity index (χ2n) is 4.77. The van der Waals surface area contributed by atoms with Crippen LogP contribution >= 0.6 is 0 Å². The Balaban J connectivity index is 2.12. The highest BCUT2D eigenvalue weighted by atomic mass is 19.3. The van der Waals surface area contributed by atoms with Crippen LogP contribution < -0.4 is 9.47 Å². The Morgan fingerprint density at radius 1 is 1.25 bits per heavy atom. The van der Waals surface area contributed by atoms with Crippen LogP contribution in [0.1, 0.15) is 31.2 Å². The van der Waals surface area contributed by atoms with Gasteiger partial charge in [-0.15, -0.1) is 0 Å². The Labute approximate surface area is 114 Å². The van der Waals surface area contributed by atoms with E-state index in [1.165, 1.54) is 13.2 Å². The third-order valence-electron chi connectivity index (χ3n) is 3.33. The molecule has 0 radical (unpaired) electrons. The lowest BCUT2D eigenvalue weighted by molar-refractivity contribution is -0.0586. The summed E-state index contributed by atoms with van der Waals surface area (Å²) in [4.78, 5) is 0. The van der Waals surface area contributed by atoms with Gasteiger partial charge in [-0.1, -0.05) is 0 Å². The van der Waals surface area contributed by atoms with E-state index in [2.05, 4.69) is 0 Å². The highest BCUT2D eigenvalue weighted by molar-refractivity contribution is 5.48. The SMILES string of the molecule is COc1cc(OC2CCC(F)(F)CC2)c(F)cc1C#N. The number of methoxy groups -OCH3 is 1. The molecule has 1 saturated carbocycles. The van der Waals surface area contributed by atoms with Gasteiger partial charge < -0.3 is 9.47 Å². The van der Waals surface area contributed by atoms with Gasteiger partial charge in [0.15, 0.2) is 11.6 Å². The number of nitrogens with zero attached hydrogens (tertiary/aromatic N) is 1. The molecule has 3 nitrogen and oxygen atoms in total. The quantitative estimate of drug-likeness (QED) is 0.851. The molecular weight excluding hydrogens is 271 g/mol. The average molecular weight is 285 g/mol. The smallest absolute Gasteiger partial charge is 0.248 e. The van der Waals surface area contributed by atoms with Crippen LogP contribution in [0.4, 0.5) is 13.2 Å². The van der Waals surface area contributed by atoms with Gasteiger partial charge in [-0.05, 0) is 18.9 Å². The second kappa shape index (κ2) is 5.61. The zero-order valence-electron chi connectivity index (χ0n) is 11.0. The highest BCUT2D eigenvalue weighted by Gasteiger charge is 2.36. The van der Waals surface area contributed by atoms with E-state index < -0.39 is 17.8 Å². The van der Waals surface area contributed by atoms with Crippen LogP contribution in [-0.2, 0) is 0 Å². The molecule has 108 valence electrons. The van der Waals surface area contributed by atoms with Gasteiger partial charge in [-0.3, -0.25) is 0 Å². The van der Waals surface area contributed by atoms with Crippen LogP contribution in [-0.4, -0.2) is 19.1 Å². The predicted octanol–water partition coefficient (Wildman–Crippen LogP) is 3.66. The summed E-state index contributed by atoms with van der Waals surface area (Å²) in [5, 5.41) is 8.82. The van der Waals surface area contributed by atoms with Gasteiger partial charge in [-0.2, -0.15) is 5.26 Å². The summed E-state index contributed by atoms with van der Waals surface area (Å²) in [6.45, 7) is 0. The molecule has 0 heterocycles. The Morgan fingerprint density at radius 3 is 2.45 bits per heavy atom. The van der Waals surface area contributed by atoms with Crippen LogP contribution in [0.25, 0.3) is 0 Å². The van der Waals surface area contributed by atoms with Crippen molar-refractivity contribution in [3.8, 4) is 17.6 Å². The normalized spacial score (nSPS) is 18.4. The van der Waals surface area contributed by atoms with E-state index >= 15 is 0 Å². The van der Waals surface area contributed by atoms with Crippen LogP contribution in [0, 0.1) is 17.1 Å². The molecule has 6 heteroatoms. The first kappa shape index (κ1) is 14.5. The first-order valence-corrected chi connectivity index (χ1v) is 6.27. The van der Waals surface area contributed by atoms with Crippen LogP contribution in [0.2, 0.25) is 0 Å². The number of rotatable bonds is 3. The number of nitriles is 1. The molecule has 0 bridgehead atoms. The molecule has 1 aliphatic rings. The first-order chi connectivity index (χ1) is 9.45. The summed E-state index contributed by atoms with van der Waals surface area (Å²) in [5.74, 6) is -3.22. The molecule has 2 rings (SSSR count). The number of ether oxygens (including phenoxy) is 2. The number of hydrogen-bond donors (Lipinski definition) is 0. The van der Waals surface area contributed by atoms with E-state index in [0.29, 0.717) is 0 Å². The molecule has 0 spiro atoms. The minimum Gasteiger partial charge on any atom is -0.495 e. The molecule has 20 heavy (non-hydrogen) atoms. The molecule has 0 N–H and O–H groups in total. The van der Waals surface area contributed by atoms with Crippen molar-refractivity contribution in [1.82, 2.24) is 0 Å². The Bertz CT molecular complexity index is 530. The third-order valence-corrected chi connectivity index (χ3v) is 3.33. The molecule has 0 unspecified atom stereocenters. The second-order valence-corrected chi connectivity index (χ2v) is 4.77. The van der Waals surface area contributed by atoms with Crippen LogP contribution in [0.3, 0.4) is 0 Å². The summed E-state index contributed by atoms with van der Waals surface area (Å²) in [6.07, 6.45) is -0.607. The van der Waals surface area contributed by atoms with Crippen molar-refractivity contribution in [1.29, 1.82) is 5.26 Å². The standard InChI is InChI=1S/C14H14F3NO2/c1-19-12-7-13(11(15)6-9(12)8-18)20-10-2-4-14(16,17)5-3-10/h6-7,10H,2-5H2,1H3. The molecule has 1 fully saturated rings. The fourth-order valence-corrected chi connectivity index (χ4v) is 2.19. The highest BCUT2D eigenvalue weighted by Crippen LogP contribution is 2.36. The fourth-order valence-electron chi connectivity index (χ4n) is 2.19. The minimum absolute atomic E-state index is 0.0625. The Morgan fingerprint density at radius 2 is 1.90 bits per heavy atom. The zero-order valence-corrected chi connectivity index (χ0v) is 11.0. The maximum absolute atomic E-state index is 13.8. The monoisotopic (exact) mass is 285 g/mol. The van der Waals surface area contributed by atoms with Crippen molar-refractivity contribution in [3.05, 3.63) is 23.5 Å². The Hall–Kier alpha value is -1.90. The van der Waals surface area contributed by atoms with Gasteiger partial charge in [0.05, 0.1) is 18.8 Å². The van der Waals surface area contributed by atoms with E-state index in [1.54, 1.807) is 0 Å². The topological polar surface area (TPSA) is 42.2 Å². The maximum Gasteiger partial charge on any atom is 0.248 e. The molecular formula is C14H14F3NO2. The summed E-state index contributed by atoms with van der Waals surface area (Å²) >= 11 is 0. The van der Waals surface area contributed by atoms with Crippen molar-refractivity contribution < 1.29 is 22.6 Å². The molecule has 0 aliphatic heterocycles. The van der Waals surface area contributed by atoms with Gasteiger partial charge in [-0.25, -0.2) is 13.2 Å². The maximum atomic E-state index is 13.8. The molecule has 0 amide bonds. The van der Waals surface area contributed by atoms with Crippen molar-refractivity contribution in [3.63, 3.8) is 0 Å². The summed E-state index contributed by atoms with van der Waals surface area (Å²) < 4.78 is 50.2. The number of benzene rings is 1. The Kier molecular flexibility index (Phi) is 4.07. The number of alkyl halides is 2. The lowest BCUT2D eigenvalue weighted by Gasteiger charge is -2.28. The number of halogens is 3. The summed E-state index contributed by atoms with van der Waals surface area (Å²) in [6, 6.07) is 4.11. The van der Waals surface area contributed by atoms with Gasteiger partial charge in [0.2, 0.25) is 5.92 Å². The fraction of sp³-hybridized carbons (Fsp3) is 0.500. The van der Waals surface area contributed by atoms with Crippen molar-refractivity contribution in [2.75, 3.05) is 7.11 Å². The molecule has 0 saturated heterocycles. The zero-order chi connectivity index (χ0) is 14.8. The van der Waals surface area contributed by atoms with Crippen LogP contribution in [0.5, 0.6) is 11.5 Å². The van der Waals surface area contributed by atoms with E-state index in [4.69, 9.17) is 14.7 Å². The molecule has 1 aromatic carbocycles. The van der Waals surface area contributed by atoms with Crippen molar-refractivity contribution >= 4 is 0 Å². The molecule has 0 aromatic heterocycles. The van der Waals surface area contributed by atoms with Crippen molar-refractivity contribution in [2.24, 2.45) is 0 Å². The summed E-state index contributed by atoms with van der Waals surface area (Å²) in [7, 11) is 1.36. The van der Waals surface area contributed by atoms with E-state index in [9.17, 15) is 13.2 Å². The predicted molar refractivity (Wildman–Crippen MR) is 65.5 cm³/mol. The summed E-state index contributed by atoms with van der Waals surface area (Å²) in [5.41, 5.74) is 0.0625. The van der Waals surface area contributed by atoms with Crippen LogP contribution in [0.15, 0.2) is 12.1 Å². The third kappa shape index (κ3) is 3.16. The number of hydrogen-bond acceptors (Lipinski definition) is 3. The minimum atomic E-state index is -2.65. The molecule has 1 aliphatic carbocycles. The van der Waals surface area contributed by atoms with E-state index in [-0.39, 0.29) is 42.7 Å². The molecule has 0 atom stereocenters. The van der Waals surface area contributed by atoms with Gasteiger partial charge >= 0.3 is 0 Å². The largest absolute Gasteiger partial charge is 0.495 e. The van der Waals surface area contributed by atoms with Gasteiger partial charge in [0.25, 0.3) is 0 Å². The van der Waals surface area contributed by atoms with E-state index in [0.717, 1.165) is 6.07 Å². The first-order valence-electron chi connectivity index (χ1n) is 6.27. The lowest BCUT2D eigenvalue weighted by atomic mass is 9.94. The molecule has 1 aromatic rings. The lowest BCUT2D eigenvalue weighted by Crippen LogP contribution is -2.30. The van der Waals surface area contributed by atoms with Gasteiger partial charge in [0.1, 0.15) is 11.8 Å². The van der Waals surface area contributed by atoms with Gasteiger partial charge in [0, 0.05) is 18.9 Å². The van der Waals surface area contributed by atoms with Crippen molar-refractivity contribution in [2.45, 2.75) is 37.7 Å². The van der Waals surface area contributed by atoms with E-state index in [1.807, 2.05) is 6.07 Å². The average Bonchev–Trinajstić information content (AvgIpc) is 2.42.